The molecule has 0 bridgehead atoms. The van der Waals surface area contributed by atoms with Crippen molar-refractivity contribution in [2.24, 2.45) is 0 Å². The highest BCUT2D eigenvalue weighted by molar-refractivity contribution is 6.16. The van der Waals surface area contributed by atoms with E-state index in [-0.39, 0.29) is 11.6 Å². The van der Waals surface area contributed by atoms with Gasteiger partial charge in [0, 0.05) is 28.2 Å². The van der Waals surface area contributed by atoms with Crippen molar-refractivity contribution in [2.45, 2.75) is 0 Å². The van der Waals surface area contributed by atoms with Crippen molar-refractivity contribution in [3.8, 4) is 0 Å². The molecular weight excluding hydrogens is 248 g/mol. The highest BCUT2D eigenvalue weighted by Crippen LogP contribution is 2.22. The Bertz CT molecular complexity index is 759. The summed E-state index contributed by atoms with van der Waals surface area (Å²) in [5.74, 6) is -0.981. The Balaban J connectivity index is 2.09. The number of hydrogen-bond donors (Lipinski definition) is 1. The summed E-state index contributed by atoms with van der Waals surface area (Å²) >= 11 is 0. The number of ketones is 1. The molecule has 0 spiro atoms. The Morgan fingerprint density at radius 3 is 2.37 bits per heavy atom. The molecule has 0 saturated heterocycles. The molecule has 0 radical (unpaired) electrons. The Labute approximate surface area is 107 Å². The zero-order chi connectivity index (χ0) is 13.4. The second kappa shape index (κ2) is 4.31. The first kappa shape index (κ1) is 11.6. The van der Waals surface area contributed by atoms with Crippen molar-refractivity contribution >= 4 is 16.7 Å². The predicted molar refractivity (Wildman–Crippen MR) is 68.1 cm³/mol. The number of hydrogen-bond acceptors (Lipinski definition) is 1. The van der Waals surface area contributed by atoms with Gasteiger partial charge in [-0.15, -0.1) is 0 Å². The van der Waals surface area contributed by atoms with E-state index in [0.717, 1.165) is 0 Å². The summed E-state index contributed by atoms with van der Waals surface area (Å²) in [6.07, 6.45) is 1.54. The molecular formula is C15H9F2NO. The van der Waals surface area contributed by atoms with Crippen LogP contribution in [0.2, 0.25) is 0 Å². The molecule has 0 fully saturated rings. The van der Waals surface area contributed by atoms with Gasteiger partial charge in [-0.25, -0.2) is 8.78 Å². The van der Waals surface area contributed by atoms with Crippen LogP contribution in [0.4, 0.5) is 8.78 Å². The summed E-state index contributed by atoms with van der Waals surface area (Å²) in [4.78, 5) is 15.1. The number of aromatic nitrogens is 1. The van der Waals surface area contributed by atoms with Crippen molar-refractivity contribution in [3.05, 3.63) is 71.4 Å². The molecule has 94 valence electrons. The largest absolute Gasteiger partial charge is 0.360 e. The molecule has 1 aromatic heterocycles. The maximum Gasteiger partial charge on any atom is 0.195 e. The first-order valence-corrected chi connectivity index (χ1v) is 5.72. The average molecular weight is 257 g/mol. The first-order chi connectivity index (χ1) is 9.15. The quantitative estimate of drug-likeness (QED) is 0.698. The molecule has 0 unspecified atom stereocenters. The number of aromatic amines is 1. The molecule has 0 atom stereocenters. The van der Waals surface area contributed by atoms with Crippen LogP contribution in [0, 0.1) is 11.6 Å². The van der Waals surface area contributed by atoms with Gasteiger partial charge in [-0.05, 0) is 42.5 Å². The number of carbonyl (C=O) groups is 1. The molecule has 0 amide bonds. The Hall–Kier alpha value is -2.49. The van der Waals surface area contributed by atoms with Gasteiger partial charge in [0.05, 0.1) is 0 Å². The second-order valence-corrected chi connectivity index (χ2v) is 4.23. The van der Waals surface area contributed by atoms with E-state index in [1.54, 1.807) is 6.07 Å². The molecule has 3 aromatic rings. The Morgan fingerprint density at radius 1 is 0.947 bits per heavy atom. The van der Waals surface area contributed by atoms with Crippen LogP contribution in [-0.4, -0.2) is 10.8 Å². The van der Waals surface area contributed by atoms with Crippen molar-refractivity contribution < 1.29 is 13.6 Å². The zero-order valence-electron chi connectivity index (χ0n) is 9.78. The lowest BCUT2D eigenvalue weighted by Crippen LogP contribution is -2.00. The summed E-state index contributed by atoms with van der Waals surface area (Å²) < 4.78 is 25.9. The van der Waals surface area contributed by atoms with Crippen molar-refractivity contribution in [3.63, 3.8) is 0 Å². The lowest BCUT2D eigenvalue weighted by Gasteiger charge is -1.99. The van der Waals surface area contributed by atoms with E-state index >= 15 is 0 Å². The smallest absolute Gasteiger partial charge is 0.195 e. The summed E-state index contributed by atoms with van der Waals surface area (Å²) in [7, 11) is 0. The monoisotopic (exact) mass is 257 g/mol. The minimum absolute atomic E-state index is 0.224. The molecule has 2 nitrogen and oxygen atoms in total. The van der Waals surface area contributed by atoms with E-state index in [9.17, 15) is 13.6 Å². The van der Waals surface area contributed by atoms with Crippen molar-refractivity contribution in [1.82, 2.24) is 4.98 Å². The number of nitrogens with one attached hydrogen (secondary N) is 1. The van der Waals surface area contributed by atoms with Gasteiger partial charge in [-0.3, -0.25) is 4.79 Å². The van der Waals surface area contributed by atoms with Crippen LogP contribution in [0.5, 0.6) is 0 Å². The fourth-order valence-electron chi connectivity index (χ4n) is 2.04. The molecule has 3 rings (SSSR count). The molecule has 0 aliphatic carbocycles. The number of fused-ring (bicyclic) bond motifs is 1. The highest BCUT2D eigenvalue weighted by Gasteiger charge is 2.14. The van der Waals surface area contributed by atoms with Crippen LogP contribution in [0.25, 0.3) is 10.9 Å². The third kappa shape index (κ3) is 2.01. The Kier molecular flexibility index (Phi) is 2.63. The number of H-pyrrole nitrogens is 1. The minimum atomic E-state index is -0.391. The zero-order valence-corrected chi connectivity index (χ0v) is 9.78. The third-order valence-electron chi connectivity index (χ3n) is 2.99. The van der Waals surface area contributed by atoms with Gasteiger partial charge >= 0.3 is 0 Å². The van der Waals surface area contributed by atoms with E-state index in [1.165, 1.54) is 42.6 Å². The highest BCUT2D eigenvalue weighted by atomic mass is 19.1. The van der Waals surface area contributed by atoms with E-state index < -0.39 is 5.82 Å². The SMILES string of the molecule is O=C(c1ccc(F)cc1)c1c[nH]c2cc(F)ccc12. The van der Waals surface area contributed by atoms with E-state index in [0.29, 0.717) is 22.0 Å². The van der Waals surface area contributed by atoms with E-state index in [1.807, 2.05) is 0 Å². The molecule has 4 heteroatoms. The fourth-order valence-corrected chi connectivity index (χ4v) is 2.04. The standard InChI is InChI=1S/C15H9F2NO/c16-10-3-1-9(2-4-10)15(19)13-8-18-14-7-11(17)5-6-12(13)14/h1-8,18H. The fraction of sp³-hybridized carbons (Fsp3) is 0. The van der Waals surface area contributed by atoms with Gasteiger partial charge in [0.15, 0.2) is 5.78 Å². The molecule has 0 aliphatic heterocycles. The van der Waals surface area contributed by atoms with Crippen molar-refractivity contribution in [2.75, 3.05) is 0 Å². The summed E-state index contributed by atoms with van der Waals surface area (Å²) in [6.45, 7) is 0. The number of halogens is 2. The van der Waals surface area contributed by atoms with Crippen LogP contribution in [0.15, 0.2) is 48.7 Å². The lowest BCUT2D eigenvalue weighted by molar-refractivity contribution is 0.104. The molecule has 2 aromatic carbocycles. The van der Waals surface area contributed by atoms with Crippen LogP contribution in [0.3, 0.4) is 0 Å². The number of carbonyl (C=O) groups excluding carboxylic acids is 1. The van der Waals surface area contributed by atoms with Gasteiger partial charge in [-0.2, -0.15) is 0 Å². The molecule has 19 heavy (non-hydrogen) atoms. The van der Waals surface area contributed by atoms with Crippen LogP contribution in [-0.2, 0) is 0 Å². The number of rotatable bonds is 2. The maximum atomic E-state index is 13.1. The van der Waals surface area contributed by atoms with Crippen LogP contribution in [0.1, 0.15) is 15.9 Å². The molecule has 1 N–H and O–H groups in total. The normalized spacial score (nSPS) is 10.8. The van der Waals surface area contributed by atoms with Gasteiger partial charge < -0.3 is 4.98 Å². The van der Waals surface area contributed by atoms with Gasteiger partial charge in [0.2, 0.25) is 0 Å². The Morgan fingerprint density at radius 2 is 1.63 bits per heavy atom. The maximum absolute atomic E-state index is 13.1. The minimum Gasteiger partial charge on any atom is -0.360 e. The van der Waals surface area contributed by atoms with E-state index in [2.05, 4.69) is 4.98 Å². The number of benzene rings is 2. The molecule has 0 aliphatic rings. The molecule has 0 saturated carbocycles. The lowest BCUT2D eigenvalue weighted by atomic mass is 10.0. The first-order valence-electron chi connectivity index (χ1n) is 5.72. The van der Waals surface area contributed by atoms with Gasteiger partial charge in [0.25, 0.3) is 0 Å². The summed E-state index contributed by atoms with van der Waals surface area (Å²) in [6, 6.07) is 9.52. The van der Waals surface area contributed by atoms with Crippen LogP contribution >= 0.6 is 0 Å². The average Bonchev–Trinajstić information content (AvgIpc) is 2.81. The topological polar surface area (TPSA) is 32.9 Å². The predicted octanol–water partition coefficient (Wildman–Crippen LogP) is 3.68. The van der Waals surface area contributed by atoms with Gasteiger partial charge in [-0.1, -0.05) is 0 Å². The third-order valence-corrected chi connectivity index (χ3v) is 2.99. The second-order valence-electron chi connectivity index (χ2n) is 4.23. The van der Waals surface area contributed by atoms with Gasteiger partial charge in [0.1, 0.15) is 11.6 Å². The van der Waals surface area contributed by atoms with E-state index in [4.69, 9.17) is 0 Å². The molecule has 1 heterocycles. The van der Waals surface area contributed by atoms with Crippen molar-refractivity contribution in [1.29, 1.82) is 0 Å². The summed E-state index contributed by atoms with van der Waals surface area (Å²) in [5.41, 5.74) is 1.40. The summed E-state index contributed by atoms with van der Waals surface area (Å²) in [5, 5.41) is 0.649. The van der Waals surface area contributed by atoms with Crippen LogP contribution < -0.4 is 0 Å².